The lowest BCUT2D eigenvalue weighted by molar-refractivity contribution is 0.0525. The maximum atomic E-state index is 11.6. The molecule has 17 heavy (non-hydrogen) atoms. The van der Waals surface area contributed by atoms with Crippen molar-refractivity contribution in [1.29, 1.82) is 0 Å². The molecule has 0 aliphatic heterocycles. The van der Waals surface area contributed by atoms with Crippen LogP contribution in [-0.4, -0.2) is 36.3 Å². The molecule has 0 bridgehead atoms. The van der Waals surface area contributed by atoms with Crippen molar-refractivity contribution in [3.05, 3.63) is 17.1 Å². The van der Waals surface area contributed by atoms with E-state index in [1.54, 1.807) is 21.0 Å². The third-order valence-corrected chi connectivity index (χ3v) is 2.17. The Bertz CT molecular complexity index is 384. The molecule has 2 N–H and O–H groups in total. The highest BCUT2D eigenvalue weighted by molar-refractivity contribution is 5.95. The number of hydrogen-bond donors (Lipinski definition) is 1. The van der Waals surface area contributed by atoms with Gasteiger partial charge in [0.15, 0.2) is 0 Å². The summed E-state index contributed by atoms with van der Waals surface area (Å²) in [5.41, 5.74) is 6.51. The summed E-state index contributed by atoms with van der Waals surface area (Å²) in [7, 11) is 1.60. The first-order valence-electron chi connectivity index (χ1n) is 5.39. The highest BCUT2D eigenvalue weighted by atomic mass is 16.5. The predicted octanol–water partition coefficient (Wildman–Crippen LogP) is 0.733. The molecular formula is C11H17N3O3. The summed E-state index contributed by atoms with van der Waals surface area (Å²) in [6.45, 7) is 4.25. The largest absolute Gasteiger partial charge is 0.462 e. The van der Waals surface area contributed by atoms with E-state index in [2.05, 4.69) is 9.97 Å². The Morgan fingerprint density at radius 2 is 2.12 bits per heavy atom. The first kappa shape index (κ1) is 13.4. The summed E-state index contributed by atoms with van der Waals surface area (Å²) in [6.07, 6.45) is 0.560. The molecule has 0 atom stereocenters. The number of carbonyl (C=O) groups excluding carboxylic acids is 1. The fourth-order valence-electron chi connectivity index (χ4n) is 1.42. The van der Waals surface area contributed by atoms with Gasteiger partial charge in [0.25, 0.3) is 0 Å². The highest BCUT2D eigenvalue weighted by Crippen LogP contribution is 2.14. The van der Waals surface area contributed by atoms with Crippen molar-refractivity contribution in [2.24, 2.45) is 0 Å². The second kappa shape index (κ2) is 6.15. The molecule has 0 spiro atoms. The quantitative estimate of drug-likeness (QED) is 0.762. The van der Waals surface area contributed by atoms with E-state index in [4.69, 9.17) is 15.2 Å². The molecule has 0 fully saturated rings. The van der Waals surface area contributed by atoms with Crippen LogP contribution in [0.1, 0.15) is 28.8 Å². The fourth-order valence-corrected chi connectivity index (χ4v) is 1.42. The Kier molecular flexibility index (Phi) is 4.84. The van der Waals surface area contributed by atoms with Gasteiger partial charge in [-0.15, -0.1) is 0 Å². The zero-order valence-electron chi connectivity index (χ0n) is 10.3. The Hall–Kier alpha value is -1.69. The second-order valence-corrected chi connectivity index (χ2v) is 3.45. The van der Waals surface area contributed by atoms with E-state index in [0.717, 1.165) is 0 Å². The number of methoxy groups -OCH3 is 1. The molecule has 0 saturated carbocycles. The fraction of sp³-hybridized carbons (Fsp3) is 0.545. The number of ether oxygens (including phenoxy) is 2. The second-order valence-electron chi connectivity index (χ2n) is 3.45. The van der Waals surface area contributed by atoms with Gasteiger partial charge in [-0.25, -0.2) is 14.8 Å². The molecule has 0 unspecified atom stereocenters. The summed E-state index contributed by atoms with van der Waals surface area (Å²) >= 11 is 0. The molecular weight excluding hydrogens is 222 g/mol. The third kappa shape index (κ3) is 3.39. The van der Waals surface area contributed by atoms with Crippen LogP contribution in [0.2, 0.25) is 0 Å². The monoisotopic (exact) mass is 239 g/mol. The Morgan fingerprint density at radius 3 is 2.65 bits per heavy atom. The van der Waals surface area contributed by atoms with Crippen molar-refractivity contribution in [2.75, 3.05) is 26.1 Å². The normalized spacial score (nSPS) is 10.3. The van der Waals surface area contributed by atoms with E-state index >= 15 is 0 Å². The molecule has 0 aliphatic carbocycles. The van der Waals surface area contributed by atoms with E-state index < -0.39 is 5.97 Å². The first-order valence-corrected chi connectivity index (χ1v) is 5.39. The standard InChI is InChI=1S/C11H17N3O3/c1-4-17-11(15)9-7(2)13-8(5-6-16-3)14-10(9)12/h4-6H2,1-3H3,(H2,12,13,14). The zero-order chi connectivity index (χ0) is 12.8. The van der Waals surface area contributed by atoms with E-state index in [1.807, 2.05) is 0 Å². The van der Waals surface area contributed by atoms with Crippen LogP contribution < -0.4 is 5.73 Å². The topological polar surface area (TPSA) is 87.3 Å². The first-order chi connectivity index (χ1) is 8.10. The number of nitrogen functional groups attached to an aromatic ring is 1. The van der Waals surface area contributed by atoms with Crippen LogP contribution in [0, 0.1) is 6.92 Å². The van der Waals surface area contributed by atoms with E-state index in [0.29, 0.717) is 31.2 Å². The molecule has 1 rings (SSSR count). The zero-order valence-corrected chi connectivity index (χ0v) is 10.3. The van der Waals surface area contributed by atoms with Gasteiger partial charge in [0, 0.05) is 13.5 Å². The number of anilines is 1. The molecule has 0 amide bonds. The Balaban J connectivity index is 2.97. The van der Waals surface area contributed by atoms with Crippen LogP contribution in [0.3, 0.4) is 0 Å². The van der Waals surface area contributed by atoms with Crippen molar-refractivity contribution in [3.63, 3.8) is 0 Å². The molecule has 1 heterocycles. The van der Waals surface area contributed by atoms with Gasteiger partial charge in [0.2, 0.25) is 0 Å². The van der Waals surface area contributed by atoms with Crippen LogP contribution in [0.15, 0.2) is 0 Å². The lowest BCUT2D eigenvalue weighted by Crippen LogP contribution is -2.15. The molecule has 6 nitrogen and oxygen atoms in total. The van der Waals surface area contributed by atoms with E-state index in [-0.39, 0.29) is 11.4 Å². The number of nitrogens with two attached hydrogens (primary N) is 1. The lowest BCUT2D eigenvalue weighted by Gasteiger charge is -2.09. The molecule has 94 valence electrons. The van der Waals surface area contributed by atoms with Crippen LogP contribution >= 0.6 is 0 Å². The van der Waals surface area contributed by atoms with Gasteiger partial charge in [0.05, 0.1) is 18.9 Å². The minimum absolute atomic E-state index is 0.155. The van der Waals surface area contributed by atoms with E-state index in [9.17, 15) is 4.79 Å². The molecule has 0 aromatic carbocycles. The molecule has 0 radical (unpaired) electrons. The average Bonchev–Trinajstić information content (AvgIpc) is 2.25. The maximum Gasteiger partial charge on any atom is 0.343 e. The number of esters is 1. The van der Waals surface area contributed by atoms with Gasteiger partial charge < -0.3 is 15.2 Å². The number of rotatable bonds is 5. The number of hydrogen-bond acceptors (Lipinski definition) is 6. The van der Waals surface area contributed by atoms with Crippen LogP contribution in [0.5, 0.6) is 0 Å². The lowest BCUT2D eigenvalue weighted by atomic mass is 10.2. The summed E-state index contributed by atoms with van der Waals surface area (Å²) < 4.78 is 9.82. The van der Waals surface area contributed by atoms with Crippen molar-refractivity contribution < 1.29 is 14.3 Å². The average molecular weight is 239 g/mol. The summed E-state index contributed by atoms with van der Waals surface area (Å²) in [6, 6.07) is 0. The molecule has 1 aromatic rings. The Morgan fingerprint density at radius 1 is 1.41 bits per heavy atom. The SMILES string of the molecule is CCOC(=O)c1c(C)nc(CCOC)nc1N. The van der Waals surface area contributed by atoms with Crippen molar-refractivity contribution in [2.45, 2.75) is 20.3 Å². The predicted molar refractivity (Wildman–Crippen MR) is 62.7 cm³/mol. The number of aromatic nitrogens is 2. The summed E-state index contributed by atoms with van der Waals surface area (Å²) in [4.78, 5) is 19.9. The smallest absolute Gasteiger partial charge is 0.343 e. The van der Waals surface area contributed by atoms with Gasteiger partial charge >= 0.3 is 5.97 Å². The number of carbonyl (C=O) groups is 1. The molecule has 0 saturated heterocycles. The van der Waals surface area contributed by atoms with Crippen LogP contribution in [0.25, 0.3) is 0 Å². The van der Waals surface area contributed by atoms with Crippen LogP contribution in [-0.2, 0) is 15.9 Å². The summed E-state index contributed by atoms with van der Waals surface area (Å²) in [5.74, 6) is 0.234. The van der Waals surface area contributed by atoms with Crippen LogP contribution in [0.4, 0.5) is 5.82 Å². The van der Waals surface area contributed by atoms with Gasteiger partial charge in [-0.1, -0.05) is 0 Å². The number of nitrogens with zero attached hydrogens (tertiary/aromatic N) is 2. The molecule has 6 heteroatoms. The maximum absolute atomic E-state index is 11.6. The van der Waals surface area contributed by atoms with Gasteiger partial charge in [-0.2, -0.15) is 0 Å². The minimum Gasteiger partial charge on any atom is -0.462 e. The third-order valence-electron chi connectivity index (χ3n) is 2.17. The van der Waals surface area contributed by atoms with Gasteiger partial charge in [-0.3, -0.25) is 0 Å². The molecule has 0 aliphatic rings. The van der Waals surface area contributed by atoms with E-state index in [1.165, 1.54) is 0 Å². The van der Waals surface area contributed by atoms with Gasteiger partial charge in [-0.05, 0) is 13.8 Å². The van der Waals surface area contributed by atoms with Crippen molar-refractivity contribution in [1.82, 2.24) is 9.97 Å². The number of aryl methyl sites for hydroxylation is 1. The van der Waals surface area contributed by atoms with Crippen molar-refractivity contribution >= 4 is 11.8 Å². The highest BCUT2D eigenvalue weighted by Gasteiger charge is 2.17. The summed E-state index contributed by atoms with van der Waals surface area (Å²) in [5, 5.41) is 0. The minimum atomic E-state index is -0.485. The molecule has 1 aromatic heterocycles. The van der Waals surface area contributed by atoms with Crippen molar-refractivity contribution in [3.8, 4) is 0 Å². The Labute approximate surface area is 100 Å². The van der Waals surface area contributed by atoms with Gasteiger partial charge in [0.1, 0.15) is 17.2 Å².